The molecule has 2 rings (SSSR count). The van der Waals surface area contributed by atoms with Crippen LogP contribution in [-0.4, -0.2) is 17.1 Å². The highest BCUT2D eigenvalue weighted by Crippen LogP contribution is 2.23. The minimum absolute atomic E-state index is 0.379. The van der Waals surface area contributed by atoms with Gasteiger partial charge in [-0.15, -0.1) is 0 Å². The number of rotatable bonds is 5. The van der Waals surface area contributed by atoms with Crippen molar-refractivity contribution in [1.29, 1.82) is 0 Å². The lowest BCUT2D eigenvalue weighted by Crippen LogP contribution is -2.23. The maximum atomic E-state index is 4.74. The lowest BCUT2D eigenvalue weighted by molar-refractivity contribution is 0.582. The van der Waals surface area contributed by atoms with Gasteiger partial charge in [0.05, 0.1) is 5.69 Å². The standard InChI is InChI=1S/C16H23N3/c1-11(2)17-10-14-9-13-7-5-6-8-15(13)16(19-14)18-12(3)4/h5-9,11-12,17H,10H2,1-4H3,(H,18,19). The summed E-state index contributed by atoms with van der Waals surface area (Å²) in [7, 11) is 0. The van der Waals surface area contributed by atoms with E-state index in [1.165, 1.54) is 10.8 Å². The molecule has 0 saturated carbocycles. The van der Waals surface area contributed by atoms with Crippen molar-refractivity contribution >= 4 is 16.6 Å². The van der Waals surface area contributed by atoms with Crippen LogP contribution >= 0.6 is 0 Å². The van der Waals surface area contributed by atoms with Crippen molar-refractivity contribution in [3.05, 3.63) is 36.0 Å². The third-order valence-electron chi connectivity index (χ3n) is 2.91. The van der Waals surface area contributed by atoms with Crippen LogP contribution in [0.1, 0.15) is 33.4 Å². The maximum absolute atomic E-state index is 4.74. The minimum atomic E-state index is 0.379. The summed E-state index contributed by atoms with van der Waals surface area (Å²) >= 11 is 0. The molecule has 0 saturated heterocycles. The normalized spacial score (nSPS) is 11.5. The molecule has 19 heavy (non-hydrogen) atoms. The average Bonchev–Trinajstić information content (AvgIpc) is 2.35. The van der Waals surface area contributed by atoms with E-state index in [2.05, 4.69) is 68.7 Å². The molecule has 1 heterocycles. The Kier molecular flexibility index (Phi) is 4.38. The highest BCUT2D eigenvalue weighted by Gasteiger charge is 2.07. The fraction of sp³-hybridized carbons (Fsp3) is 0.438. The Balaban J connectivity index is 2.38. The van der Waals surface area contributed by atoms with Crippen molar-refractivity contribution in [2.45, 2.75) is 46.3 Å². The second-order valence-electron chi connectivity index (χ2n) is 5.52. The Bertz CT molecular complexity index is 547. The van der Waals surface area contributed by atoms with Crippen molar-refractivity contribution in [2.24, 2.45) is 0 Å². The Morgan fingerprint density at radius 3 is 2.47 bits per heavy atom. The van der Waals surface area contributed by atoms with Gasteiger partial charge in [0, 0.05) is 24.0 Å². The highest BCUT2D eigenvalue weighted by atomic mass is 15.0. The largest absolute Gasteiger partial charge is 0.367 e. The van der Waals surface area contributed by atoms with Crippen LogP contribution in [0.2, 0.25) is 0 Å². The minimum Gasteiger partial charge on any atom is -0.367 e. The van der Waals surface area contributed by atoms with Crippen LogP contribution < -0.4 is 10.6 Å². The Labute approximate surface area is 115 Å². The van der Waals surface area contributed by atoms with Crippen LogP contribution in [0.25, 0.3) is 10.8 Å². The summed E-state index contributed by atoms with van der Waals surface area (Å²) in [6.45, 7) is 9.36. The van der Waals surface area contributed by atoms with Gasteiger partial charge in [0.1, 0.15) is 5.82 Å². The van der Waals surface area contributed by atoms with E-state index in [4.69, 9.17) is 4.98 Å². The van der Waals surface area contributed by atoms with Crippen LogP contribution in [0.3, 0.4) is 0 Å². The molecule has 3 heteroatoms. The second-order valence-corrected chi connectivity index (χ2v) is 5.52. The molecule has 0 atom stereocenters. The zero-order valence-electron chi connectivity index (χ0n) is 12.2. The molecule has 2 aromatic rings. The molecule has 3 nitrogen and oxygen atoms in total. The zero-order chi connectivity index (χ0) is 13.8. The van der Waals surface area contributed by atoms with Crippen LogP contribution in [0, 0.1) is 0 Å². The number of pyridine rings is 1. The van der Waals surface area contributed by atoms with Gasteiger partial charge < -0.3 is 10.6 Å². The predicted octanol–water partition coefficient (Wildman–Crippen LogP) is 3.55. The summed E-state index contributed by atoms with van der Waals surface area (Å²) in [6.07, 6.45) is 0. The van der Waals surface area contributed by atoms with E-state index >= 15 is 0 Å². The second kappa shape index (κ2) is 6.02. The average molecular weight is 257 g/mol. The van der Waals surface area contributed by atoms with Gasteiger partial charge in [-0.3, -0.25) is 0 Å². The first kappa shape index (κ1) is 13.8. The summed E-state index contributed by atoms with van der Waals surface area (Å²) < 4.78 is 0. The van der Waals surface area contributed by atoms with Gasteiger partial charge >= 0.3 is 0 Å². The van der Waals surface area contributed by atoms with E-state index < -0.39 is 0 Å². The third kappa shape index (κ3) is 3.67. The van der Waals surface area contributed by atoms with Gasteiger partial charge in [-0.1, -0.05) is 38.1 Å². The summed E-state index contributed by atoms with van der Waals surface area (Å²) in [4.78, 5) is 4.74. The molecular formula is C16H23N3. The smallest absolute Gasteiger partial charge is 0.134 e. The van der Waals surface area contributed by atoms with Crippen LogP contribution in [0.4, 0.5) is 5.82 Å². The monoisotopic (exact) mass is 257 g/mol. The van der Waals surface area contributed by atoms with Gasteiger partial charge in [0.25, 0.3) is 0 Å². The molecule has 0 aliphatic heterocycles. The summed E-state index contributed by atoms with van der Waals surface area (Å²) in [5, 5.41) is 9.28. The number of nitrogens with zero attached hydrogens (tertiary/aromatic N) is 1. The molecular weight excluding hydrogens is 234 g/mol. The van der Waals surface area contributed by atoms with Crippen molar-refractivity contribution in [2.75, 3.05) is 5.32 Å². The number of benzene rings is 1. The molecule has 0 amide bonds. The lowest BCUT2D eigenvalue weighted by Gasteiger charge is -2.15. The van der Waals surface area contributed by atoms with Crippen LogP contribution in [0.15, 0.2) is 30.3 Å². The molecule has 0 spiro atoms. The zero-order valence-corrected chi connectivity index (χ0v) is 12.2. The van der Waals surface area contributed by atoms with Crippen molar-refractivity contribution < 1.29 is 0 Å². The molecule has 0 radical (unpaired) electrons. The number of aromatic nitrogens is 1. The van der Waals surface area contributed by atoms with E-state index in [0.29, 0.717) is 12.1 Å². The molecule has 1 aromatic carbocycles. The predicted molar refractivity (Wildman–Crippen MR) is 82.5 cm³/mol. The molecule has 0 fully saturated rings. The van der Waals surface area contributed by atoms with Gasteiger partial charge in [-0.05, 0) is 25.3 Å². The van der Waals surface area contributed by atoms with Gasteiger partial charge in [-0.25, -0.2) is 4.98 Å². The number of hydrogen-bond acceptors (Lipinski definition) is 3. The van der Waals surface area contributed by atoms with E-state index in [1.54, 1.807) is 0 Å². The van der Waals surface area contributed by atoms with Gasteiger partial charge in [0.2, 0.25) is 0 Å². The molecule has 1 aromatic heterocycles. The number of hydrogen-bond donors (Lipinski definition) is 2. The topological polar surface area (TPSA) is 37.0 Å². The number of anilines is 1. The first-order valence-electron chi connectivity index (χ1n) is 6.95. The SMILES string of the molecule is CC(C)NCc1cc2ccccc2c(NC(C)C)n1. The first-order valence-corrected chi connectivity index (χ1v) is 6.95. The van der Waals surface area contributed by atoms with Crippen LogP contribution in [0.5, 0.6) is 0 Å². The number of fused-ring (bicyclic) bond motifs is 1. The van der Waals surface area contributed by atoms with Crippen molar-refractivity contribution in [3.8, 4) is 0 Å². The van der Waals surface area contributed by atoms with E-state index in [0.717, 1.165) is 18.1 Å². The Hall–Kier alpha value is -1.61. The highest BCUT2D eigenvalue weighted by molar-refractivity contribution is 5.92. The third-order valence-corrected chi connectivity index (χ3v) is 2.91. The van der Waals surface area contributed by atoms with E-state index in [1.807, 2.05) is 0 Å². The molecule has 0 bridgehead atoms. The summed E-state index contributed by atoms with van der Waals surface area (Å²) in [5.41, 5.74) is 1.08. The van der Waals surface area contributed by atoms with Gasteiger partial charge in [-0.2, -0.15) is 0 Å². The Morgan fingerprint density at radius 1 is 1.05 bits per heavy atom. The van der Waals surface area contributed by atoms with E-state index in [9.17, 15) is 0 Å². The summed E-state index contributed by atoms with van der Waals surface area (Å²) in [5.74, 6) is 0.980. The van der Waals surface area contributed by atoms with E-state index in [-0.39, 0.29) is 0 Å². The molecule has 0 aliphatic carbocycles. The molecule has 102 valence electrons. The Morgan fingerprint density at radius 2 is 1.79 bits per heavy atom. The quantitative estimate of drug-likeness (QED) is 0.860. The lowest BCUT2D eigenvalue weighted by atomic mass is 10.1. The number of nitrogens with one attached hydrogen (secondary N) is 2. The van der Waals surface area contributed by atoms with Gasteiger partial charge in [0.15, 0.2) is 0 Å². The maximum Gasteiger partial charge on any atom is 0.134 e. The summed E-state index contributed by atoms with van der Waals surface area (Å²) in [6, 6.07) is 11.4. The fourth-order valence-electron chi connectivity index (χ4n) is 2.04. The first-order chi connectivity index (χ1) is 9.06. The molecule has 0 aliphatic rings. The fourth-order valence-corrected chi connectivity index (χ4v) is 2.04. The van der Waals surface area contributed by atoms with Crippen molar-refractivity contribution in [3.63, 3.8) is 0 Å². The van der Waals surface area contributed by atoms with Crippen LogP contribution in [-0.2, 0) is 6.54 Å². The molecule has 0 unspecified atom stereocenters. The van der Waals surface area contributed by atoms with Crippen molar-refractivity contribution in [1.82, 2.24) is 10.3 Å². The molecule has 2 N–H and O–H groups in total.